The number of esters is 1. The predicted octanol–water partition coefficient (Wildman–Crippen LogP) is 3.07. The molecule has 1 unspecified atom stereocenters. The SMILES string of the molecule is CCNC(C)c1ccc(OCC(C)(C)C(=O)OC)cc1F. The Kier molecular flexibility index (Phi) is 6.15. The van der Waals surface area contributed by atoms with E-state index in [-0.39, 0.29) is 24.4 Å². The highest BCUT2D eigenvalue weighted by molar-refractivity contribution is 5.75. The molecule has 0 aliphatic carbocycles. The van der Waals surface area contributed by atoms with E-state index in [0.29, 0.717) is 11.3 Å². The maximum absolute atomic E-state index is 14.1. The van der Waals surface area contributed by atoms with Crippen molar-refractivity contribution in [2.75, 3.05) is 20.3 Å². The molecule has 0 bridgehead atoms. The van der Waals surface area contributed by atoms with Crippen molar-refractivity contribution in [3.05, 3.63) is 29.6 Å². The van der Waals surface area contributed by atoms with Crippen molar-refractivity contribution in [1.82, 2.24) is 5.32 Å². The summed E-state index contributed by atoms with van der Waals surface area (Å²) in [5.74, 6) is -0.283. The lowest BCUT2D eigenvalue weighted by Gasteiger charge is -2.22. The molecule has 0 saturated carbocycles. The van der Waals surface area contributed by atoms with E-state index in [4.69, 9.17) is 9.47 Å². The normalized spacial score (nSPS) is 12.9. The fourth-order valence-electron chi connectivity index (χ4n) is 1.96. The number of benzene rings is 1. The molecule has 0 saturated heterocycles. The van der Waals surface area contributed by atoms with Crippen molar-refractivity contribution in [2.24, 2.45) is 5.41 Å². The van der Waals surface area contributed by atoms with Crippen molar-refractivity contribution in [2.45, 2.75) is 33.7 Å². The van der Waals surface area contributed by atoms with Crippen molar-refractivity contribution >= 4 is 5.97 Å². The highest BCUT2D eigenvalue weighted by Gasteiger charge is 2.29. The zero-order valence-electron chi connectivity index (χ0n) is 13.3. The summed E-state index contributed by atoms with van der Waals surface area (Å²) in [4.78, 5) is 11.6. The second kappa shape index (κ2) is 7.41. The smallest absolute Gasteiger partial charge is 0.314 e. The molecular weight excluding hydrogens is 273 g/mol. The minimum absolute atomic E-state index is 0.0597. The van der Waals surface area contributed by atoms with Gasteiger partial charge < -0.3 is 14.8 Å². The molecule has 4 nitrogen and oxygen atoms in total. The van der Waals surface area contributed by atoms with Crippen LogP contribution in [0.15, 0.2) is 18.2 Å². The maximum Gasteiger partial charge on any atom is 0.314 e. The van der Waals surface area contributed by atoms with Crippen LogP contribution in [0.25, 0.3) is 0 Å². The first-order valence-corrected chi connectivity index (χ1v) is 7.06. The van der Waals surface area contributed by atoms with Gasteiger partial charge >= 0.3 is 5.97 Å². The van der Waals surface area contributed by atoms with Gasteiger partial charge in [0.2, 0.25) is 0 Å². The number of ether oxygens (including phenoxy) is 2. The predicted molar refractivity (Wildman–Crippen MR) is 79.8 cm³/mol. The van der Waals surface area contributed by atoms with Crippen LogP contribution in [0.2, 0.25) is 0 Å². The molecule has 1 aromatic carbocycles. The Morgan fingerprint density at radius 2 is 2.10 bits per heavy atom. The van der Waals surface area contributed by atoms with Crippen LogP contribution >= 0.6 is 0 Å². The van der Waals surface area contributed by atoms with Gasteiger partial charge in [-0.3, -0.25) is 4.79 Å². The Balaban J connectivity index is 2.74. The average Bonchev–Trinajstić information content (AvgIpc) is 2.44. The molecule has 1 aromatic rings. The van der Waals surface area contributed by atoms with Gasteiger partial charge in [-0.2, -0.15) is 0 Å². The third-order valence-corrected chi connectivity index (χ3v) is 3.29. The van der Waals surface area contributed by atoms with Crippen molar-refractivity contribution in [3.8, 4) is 5.75 Å². The molecule has 21 heavy (non-hydrogen) atoms. The first-order valence-electron chi connectivity index (χ1n) is 7.06. The lowest BCUT2D eigenvalue weighted by molar-refractivity contribution is -0.152. The van der Waals surface area contributed by atoms with Crippen LogP contribution in [-0.4, -0.2) is 26.2 Å². The molecule has 1 rings (SSSR count). The van der Waals surface area contributed by atoms with Crippen LogP contribution < -0.4 is 10.1 Å². The van der Waals surface area contributed by atoms with Gasteiger partial charge in [0.1, 0.15) is 18.2 Å². The molecule has 5 heteroatoms. The van der Waals surface area contributed by atoms with Crippen LogP contribution in [0, 0.1) is 11.2 Å². The van der Waals surface area contributed by atoms with Crippen LogP contribution in [-0.2, 0) is 9.53 Å². The highest BCUT2D eigenvalue weighted by atomic mass is 19.1. The lowest BCUT2D eigenvalue weighted by Crippen LogP contribution is -2.32. The number of methoxy groups -OCH3 is 1. The Hall–Kier alpha value is -1.62. The van der Waals surface area contributed by atoms with E-state index in [1.165, 1.54) is 13.2 Å². The summed E-state index contributed by atoms with van der Waals surface area (Å²) in [5, 5.41) is 3.16. The van der Waals surface area contributed by atoms with Crippen LogP contribution in [0.1, 0.15) is 39.3 Å². The van der Waals surface area contributed by atoms with E-state index >= 15 is 0 Å². The van der Waals surface area contributed by atoms with Crippen molar-refractivity contribution in [1.29, 1.82) is 0 Å². The number of carbonyl (C=O) groups is 1. The molecule has 0 radical (unpaired) electrons. The van der Waals surface area contributed by atoms with Crippen LogP contribution in [0.3, 0.4) is 0 Å². The number of hydrogen-bond donors (Lipinski definition) is 1. The second-order valence-electron chi connectivity index (χ2n) is 5.63. The van der Waals surface area contributed by atoms with E-state index < -0.39 is 5.41 Å². The summed E-state index contributed by atoms with van der Waals surface area (Å²) in [5.41, 5.74) is -0.183. The molecule has 0 amide bonds. The topological polar surface area (TPSA) is 47.6 Å². The molecule has 1 atom stereocenters. The highest BCUT2D eigenvalue weighted by Crippen LogP contribution is 2.24. The minimum Gasteiger partial charge on any atom is -0.492 e. The monoisotopic (exact) mass is 297 g/mol. The minimum atomic E-state index is -0.777. The summed E-state index contributed by atoms with van der Waals surface area (Å²) in [7, 11) is 1.33. The molecule has 118 valence electrons. The van der Waals surface area contributed by atoms with E-state index in [1.807, 2.05) is 13.8 Å². The van der Waals surface area contributed by atoms with Gasteiger partial charge in [0, 0.05) is 17.7 Å². The van der Waals surface area contributed by atoms with E-state index in [1.54, 1.807) is 26.0 Å². The molecule has 0 aromatic heterocycles. The Morgan fingerprint density at radius 3 is 2.62 bits per heavy atom. The molecule has 0 heterocycles. The zero-order chi connectivity index (χ0) is 16.0. The number of halogens is 1. The Morgan fingerprint density at radius 1 is 1.43 bits per heavy atom. The molecule has 0 aliphatic heterocycles. The van der Waals surface area contributed by atoms with Gasteiger partial charge in [0.25, 0.3) is 0 Å². The molecule has 0 aliphatic rings. The van der Waals surface area contributed by atoms with Gasteiger partial charge in [-0.15, -0.1) is 0 Å². The van der Waals surface area contributed by atoms with Gasteiger partial charge in [-0.25, -0.2) is 4.39 Å². The third kappa shape index (κ3) is 4.70. The molecular formula is C16H24FNO3. The zero-order valence-corrected chi connectivity index (χ0v) is 13.3. The summed E-state index contributed by atoms with van der Waals surface area (Å²) < 4.78 is 24.3. The van der Waals surface area contributed by atoms with E-state index in [9.17, 15) is 9.18 Å². The Bertz CT molecular complexity index is 488. The maximum atomic E-state index is 14.1. The van der Waals surface area contributed by atoms with Crippen molar-refractivity contribution < 1.29 is 18.7 Å². The van der Waals surface area contributed by atoms with Gasteiger partial charge in [-0.05, 0) is 33.4 Å². The second-order valence-corrected chi connectivity index (χ2v) is 5.63. The summed E-state index contributed by atoms with van der Waals surface area (Å²) in [6.07, 6.45) is 0. The fraction of sp³-hybridized carbons (Fsp3) is 0.562. The Labute approximate surface area is 125 Å². The molecule has 1 N–H and O–H groups in total. The summed E-state index contributed by atoms with van der Waals surface area (Å²) in [6, 6.07) is 4.69. The van der Waals surface area contributed by atoms with E-state index in [0.717, 1.165) is 6.54 Å². The quantitative estimate of drug-likeness (QED) is 0.786. The fourth-order valence-corrected chi connectivity index (χ4v) is 1.96. The van der Waals surface area contributed by atoms with Crippen molar-refractivity contribution in [3.63, 3.8) is 0 Å². The van der Waals surface area contributed by atoms with Crippen LogP contribution in [0.5, 0.6) is 5.75 Å². The summed E-state index contributed by atoms with van der Waals surface area (Å²) >= 11 is 0. The number of rotatable bonds is 7. The number of carbonyl (C=O) groups excluding carboxylic acids is 1. The number of hydrogen-bond acceptors (Lipinski definition) is 4. The van der Waals surface area contributed by atoms with Gasteiger partial charge in [0.05, 0.1) is 12.5 Å². The summed E-state index contributed by atoms with van der Waals surface area (Å²) in [6.45, 7) is 8.21. The van der Waals surface area contributed by atoms with Gasteiger partial charge in [-0.1, -0.05) is 13.0 Å². The molecule has 0 spiro atoms. The lowest BCUT2D eigenvalue weighted by atomic mass is 9.95. The standard InChI is InChI=1S/C16H24FNO3/c1-6-18-11(2)13-8-7-12(9-14(13)17)21-10-16(3,4)15(19)20-5/h7-9,11,18H,6,10H2,1-5H3. The molecule has 0 fully saturated rings. The first kappa shape index (κ1) is 17.4. The van der Waals surface area contributed by atoms with Gasteiger partial charge in [0.15, 0.2) is 0 Å². The van der Waals surface area contributed by atoms with Crippen LogP contribution in [0.4, 0.5) is 4.39 Å². The average molecular weight is 297 g/mol. The third-order valence-electron chi connectivity index (χ3n) is 3.29. The largest absolute Gasteiger partial charge is 0.492 e. The van der Waals surface area contributed by atoms with E-state index in [2.05, 4.69) is 5.32 Å². The first-order chi connectivity index (χ1) is 9.81. The number of nitrogens with one attached hydrogen (secondary N) is 1.